The summed E-state index contributed by atoms with van der Waals surface area (Å²) < 4.78 is 13.3. The smallest absolute Gasteiger partial charge is 0.123 e. The Hall–Kier alpha value is -1.63. The van der Waals surface area contributed by atoms with Crippen molar-refractivity contribution in [1.29, 1.82) is 0 Å². The van der Waals surface area contributed by atoms with Crippen LogP contribution in [0.15, 0.2) is 42.5 Å². The molecule has 0 nitrogen and oxygen atoms in total. The van der Waals surface area contributed by atoms with Crippen molar-refractivity contribution in [3.63, 3.8) is 0 Å². The molecule has 4 fully saturated rings. The third-order valence-corrected chi connectivity index (χ3v) is 7.04. The van der Waals surface area contributed by atoms with Gasteiger partial charge in [-0.25, -0.2) is 4.39 Å². The molecule has 0 spiro atoms. The van der Waals surface area contributed by atoms with Crippen molar-refractivity contribution < 1.29 is 4.39 Å². The summed E-state index contributed by atoms with van der Waals surface area (Å²) >= 11 is 0. The second-order valence-electron chi connectivity index (χ2n) is 8.73. The van der Waals surface area contributed by atoms with Crippen LogP contribution in [0.4, 0.5) is 4.39 Å². The van der Waals surface area contributed by atoms with Crippen LogP contribution in [0, 0.1) is 30.5 Å². The largest absolute Gasteiger partial charge is 0.207 e. The lowest BCUT2D eigenvalue weighted by atomic mass is 9.48. The summed E-state index contributed by atoms with van der Waals surface area (Å²) in [5.41, 5.74) is 5.68. The lowest BCUT2D eigenvalue weighted by Crippen LogP contribution is -2.48. The maximum atomic E-state index is 13.3. The average molecular weight is 320 g/mol. The molecule has 4 aliphatic carbocycles. The zero-order chi connectivity index (χ0) is 16.3. The van der Waals surface area contributed by atoms with E-state index in [1.807, 2.05) is 12.1 Å². The molecule has 0 heterocycles. The van der Waals surface area contributed by atoms with Crippen LogP contribution >= 0.6 is 0 Å². The SMILES string of the molecule is Cc1ccc(C23CC4CC(CC(C4)C2)C3)cc1-c1ccc(F)cc1. The van der Waals surface area contributed by atoms with Crippen LogP contribution in [-0.2, 0) is 5.41 Å². The minimum Gasteiger partial charge on any atom is -0.207 e. The van der Waals surface area contributed by atoms with Gasteiger partial charge in [0.25, 0.3) is 0 Å². The van der Waals surface area contributed by atoms with E-state index in [2.05, 4.69) is 25.1 Å². The highest BCUT2D eigenvalue weighted by Gasteiger charge is 2.51. The molecule has 4 saturated carbocycles. The van der Waals surface area contributed by atoms with Crippen LogP contribution in [0.1, 0.15) is 49.7 Å². The van der Waals surface area contributed by atoms with Gasteiger partial charge in [0.05, 0.1) is 0 Å². The molecule has 2 aromatic carbocycles. The van der Waals surface area contributed by atoms with Gasteiger partial charge in [-0.1, -0.05) is 30.3 Å². The maximum absolute atomic E-state index is 13.3. The van der Waals surface area contributed by atoms with Gasteiger partial charge in [0.1, 0.15) is 5.82 Å². The highest BCUT2D eigenvalue weighted by atomic mass is 19.1. The summed E-state index contributed by atoms with van der Waals surface area (Å²) in [6.07, 6.45) is 8.63. The van der Waals surface area contributed by atoms with Gasteiger partial charge >= 0.3 is 0 Å². The molecule has 0 saturated heterocycles. The fourth-order valence-electron chi connectivity index (χ4n) is 6.36. The van der Waals surface area contributed by atoms with Crippen molar-refractivity contribution in [3.8, 4) is 11.1 Å². The molecule has 0 unspecified atom stereocenters. The van der Waals surface area contributed by atoms with Gasteiger partial charge in [-0.15, -0.1) is 0 Å². The predicted octanol–water partition coefficient (Wildman–Crippen LogP) is 6.27. The molecule has 0 N–H and O–H groups in total. The van der Waals surface area contributed by atoms with Gasteiger partial charge in [-0.3, -0.25) is 0 Å². The van der Waals surface area contributed by atoms with E-state index >= 15 is 0 Å². The maximum Gasteiger partial charge on any atom is 0.123 e. The number of halogens is 1. The third-order valence-electron chi connectivity index (χ3n) is 7.04. The molecule has 0 radical (unpaired) electrons. The van der Waals surface area contributed by atoms with Crippen molar-refractivity contribution in [2.24, 2.45) is 17.8 Å². The number of benzene rings is 2. The van der Waals surface area contributed by atoms with Gasteiger partial charge in [-0.2, -0.15) is 0 Å². The quantitative estimate of drug-likeness (QED) is 0.612. The molecule has 0 aliphatic heterocycles. The Morgan fingerprint density at radius 2 is 1.42 bits per heavy atom. The summed E-state index contributed by atoms with van der Waals surface area (Å²) in [7, 11) is 0. The Kier molecular flexibility index (Phi) is 3.17. The number of aryl methyl sites for hydroxylation is 1. The number of hydrogen-bond donors (Lipinski definition) is 0. The lowest BCUT2D eigenvalue weighted by Gasteiger charge is -2.57. The van der Waals surface area contributed by atoms with Crippen molar-refractivity contribution >= 4 is 0 Å². The molecule has 0 amide bonds. The van der Waals surface area contributed by atoms with Crippen LogP contribution in [-0.4, -0.2) is 0 Å². The van der Waals surface area contributed by atoms with Gasteiger partial charge in [0.2, 0.25) is 0 Å². The zero-order valence-electron chi connectivity index (χ0n) is 14.4. The second-order valence-corrected chi connectivity index (χ2v) is 8.73. The van der Waals surface area contributed by atoms with Crippen LogP contribution in [0.5, 0.6) is 0 Å². The first-order valence-corrected chi connectivity index (χ1v) is 9.48. The average Bonchev–Trinajstić information content (AvgIpc) is 2.55. The monoisotopic (exact) mass is 320 g/mol. The Morgan fingerprint density at radius 3 is 2.00 bits per heavy atom. The van der Waals surface area contributed by atoms with Crippen molar-refractivity contribution in [2.75, 3.05) is 0 Å². The Labute approximate surface area is 144 Å². The molecule has 4 bridgehead atoms. The Bertz CT molecular complexity index is 736. The third kappa shape index (κ3) is 2.24. The normalized spacial score (nSPS) is 33.8. The number of rotatable bonds is 2. The fraction of sp³-hybridized carbons (Fsp3) is 0.478. The van der Waals surface area contributed by atoms with Crippen LogP contribution in [0.3, 0.4) is 0 Å². The highest BCUT2D eigenvalue weighted by molar-refractivity contribution is 5.68. The first-order chi connectivity index (χ1) is 11.6. The molecule has 4 aliphatic rings. The topological polar surface area (TPSA) is 0 Å². The second kappa shape index (κ2) is 5.18. The van der Waals surface area contributed by atoms with Gasteiger partial charge in [0, 0.05) is 0 Å². The molecule has 124 valence electrons. The summed E-state index contributed by atoms with van der Waals surface area (Å²) in [5, 5.41) is 0. The summed E-state index contributed by atoms with van der Waals surface area (Å²) in [5.74, 6) is 2.74. The molecule has 1 heteroatoms. The van der Waals surface area contributed by atoms with Crippen molar-refractivity contribution in [2.45, 2.75) is 50.9 Å². The summed E-state index contributed by atoms with van der Waals surface area (Å²) in [6, 6.07) is 14.1. The summed E-state index contributed by atoms with van der Waals surface area (Å²) in [6.45, 7) is 2.17. The van der Waals surface area contributed by atoms with E-state index in [0.29, 0.717) is 5.41 Å². The van der Waals surface area contributed by atoms with E-state index in [9.17, 15) is 4.39 Å². The van der Waals surface area contributed by atoms with Crippen LogP contribution < -0.4 is 0 Å². The van der Waals surface area contributed by atoms with E-state index in [1.54, 1.807) is 17.7 Å². The van der Waals surface area contributed by atoms with Gasteiger partial charge < -0.3 is 0 Å². The molecule has 24 heavy (non-hydrogen) atoms. The zero-order valence-corrected chi connectivity index (χ0v) is 14.4. The van der Waals surface area contributed by atoms with E-state index < -0.39 is 0 Å². The molecular weight excluding hydrogens is 295 g/mol. The minimum absolute atomic E-state index is 0.159. The first kappa shape index (κ1) is 14.7. The molecular formula is C23H25F. The van der Waals surface area contributed by atoms with Crippen LogP contribution in [0.2, 0.25) is 0 Å². The predicted molar refractivity (Wildman–Crippen MR) is 96.4 cm³/mol. The van der Waals surface area contributed by atoms with Gasteiger partial charge in [0.15, 0.2) is 0 Å². The molecule has 0 atom stereocenters. The first-order valence-electron chi connectivity index (χ1n) is 9.48. The Morgan fingerprint density at radius 1 is 0.833 bits per heavy atom. The summed E-state index contributed by atoms with van der Waals surface area (Å²) in [4.78, 5) is 0. The minimum atomic E-state index is -0.159. The standard InChI is InChI=1S/C23H25F/c1-15-2-5-20(11-22(15)19-3-6-21(24)7-4-19)23-12-16-8-17(13-23)10-18(9-16)14-23/h2-7,11,16-18H,8-10,12-14H2,1H3. The Balaban J connectivity index is 1.58. The van der Waals surface area contributed by atoms with Crippen molar-refractivity contribution in [1.82, 2.24) is 0 Å². The molecule has 0 aromatic heterocycles. The highest BCUT2D eigenvalue weighted by Crippen LogP contribution is 2.60. The van der Waals surface area contributed by atoms with E-state index in [4.69, 9.17) is 0 Å². The fourth-order valence-corrected chi connectivity index (χ4v) is 6.36. The molecule has 2 aromatic rings. The molecule has 6 rings (SSSR count). The lowest BCUT2D eigenvalue weighted by molar-refractivity contribution is -0.00517. The number of hydrogen-bond acceptors (Lipinski definition) is 0. The van der Waals surface area contributed by atoms with Crippen LogP contribution in [0.25, 0.3) is 11.1 Å². The van der Waals surface area contributed by atoms with E-state index in [-0.39, 0.29) is 5.82 Å². The van der Waals surface area contributed by atoms with Crippen molar-refractivity contribution in [3.05, 3.63) is 59.4 Å². The van der Waals surface area contributed by atoms with E-state index in [0.717, 1.165) is 23.3 Å². The van der Waals surface area contributed by atoms with E-state index in [1.165, 1.54) is 49.7 Å². The van der Waals surface area contributed by atoms with Gasteiger partial charge in [-0.05, 0) is 103 Å².